The van der Waals surface area contributed by atoms with Crippen LogP contribution in [0.15, 0.2) is 12.2 Å². The van der Waals surface area contributed by atoms with Gasteiger partial charge in [0.15, 0.2) is 0 Å². The maximum atomic E-state index is 2.60. The Kier molecular flexibility index (Phi) is 2.07. The summed E-state index contributed by atoms with van der Waals surface area (Å²) in [6.07, 6.45) is 9.71. The fourth-order valence-electron chi connectivity index (χ4n) is 6.75. The zero-order valence-electron chi connectivity index (χ0n) is 12.4. The van der Waals surface area contributed by atoms with Crippen molar-refractivity contribution < 1.29 is 4.48 Å². The molecule has 3 fully saturated rings. The summed E-state index contributed by atoms with van der Waals surface area (Å²) in [6.45, 7) is 3.98. The number of rotatable bonds is 2. The number of hydrogen-bond acceptors (Lipinski definition) is 0. The van der Waals surface area contributed by atoms with Gasteiger partial charge in [-0.05, 0) is 54.8 Å². The van der Waals surface area contributed by atoms with E-state index in [-0.39, 0.29) is 0 Å². The topological polar surface area (TPSA) is 0 Å². The molecule has 1 heteroatoms. The van der Waals surface area contributed by atoms with Crippen LogP contribution in [0.25, 0.3) is 0 Å². The lowest BCUT2D eigenvalue weighted by Gasteiger charge is -2.46. The molecule has 7 atom stereocenters. The van der Waals surface area contributed by atoms with Gasteiger partial charge >= 0.3 is 0 Å². The molecule has 0 saturated heterocycles. The lowest BCUT2D eigenvalue weighted by molar-refractivity contribution is -0.877. The Balaban J connectivity index is 1.64. The zero-order chi connectivity index (χ0) is 12.7. The van der Waals surface area contributed by atoms with Crippen LogP contribution in [0.1, 0.15) is 26.2 Å². The van der Waals surface area contributed by atoms with Crippen molar-refractivity contribution in [1.29, 1.82) is 0 Å². The van der Waals surface area contributed by atoms with E-state index in [1.54, 1.807) is 6.42 Å². The molecule has 100 valence electrons. The van der Waals surface area contributed by atoms with E-state index >= 15 is 0 Å². The molecule has 0 amide bonds. The predicted molar refractivity (Wildman–Crippen MR) is 74.9 cm³/mol. The van der Waals surface area contributed by atoms with Gasteiger partial charge < -0.3 is 4.48 Å². The minimum Gasteiger partial charge on any atom is -0.330 e. The Morgan fingerprint density at radius 1 is 1.06 bits per heavy atom. The van der Waals surface area contributed by atoms with Gasteiger partial charge in [-0.15, -0.1) is 0 Å². The van der Waals surface area contributed by atoms with Gasteiger partial charge in [-0.2, -0.15) is 0 Å². The third kappa shape index (κ3) is 1.37. The molecule has 18 heavy (non-hydrogen) atoms. The Hall–Kier alpha value is -0.300. The Morgan fingerprint density at radius 3 is 2.39 bits per heavy atom. The smallest absolute Gasteiger partial charge is 0.0837 e. The summed E-state index contributed by atoms with van der Waals surface area (Å²) in [5, 5.41) is 0. The van der Waals surface area contributed by atoms with Gasteiger partial charge in [0.05, 0.1) is 27.7 Å². The Morgan fingerprint density at radius 2 is 1.72 bits per heavy atom. The highest BCUT2D eigenvalue weighted by Gasteiger charge is 2.65. The average Bonchev–Trinajstić information content (AvgIpc) is 2.85. The van der Waals surface area contributed by atoms with Crippen molar-refractivity contribution in [1.82, 2.24) is 0 Å². The number of fused-ring (bicyclic) bond motifs is 9. The lowest BCUT2D eigenvalue weighted by atomic mass is 9.62. The van der Waals surface area contributed by atoms with Crippen molar-refractivity contribution in [3.05, 3.63) is 12.2 Å². The molecule has 4 rings (SSSR count). The first-order chi connectivity index (χ1) is 8.37. The Bertz CT molecular complexity index is 404. The van der Waals surface area contributed by atoms with Gasteiger partial charge in [0.25, 0.3) is 0 Å². The highest BCUT2D eigenvalue weighted by atomic mass is 15.3. The first-order valence-corrected chi connectivity index (χ1v) is 7.86. The standard InChI is InChI=1S/C17H28N/c1-17(10-18(2,3)4)9-13-8-14(17)16-12-6-5-11(7-12)15(13)16/h5-6,11-16H,7-10H2,1-4H3/q+1. The highest BCUT2D eigenvalue weighted by molar-refractivity contribution is 5.22. The summed E-state index contributed by atoms with van der Waals surface area (Å²) in [5.74, 6) is 6.19. The van der Waals surface area contributed by atoms with E-state index in [0.29, 0.717) is 5.41 Å². The van der Waals surface area contributed by atoms with Crippen LogP contribution in [0.2, 0.25) is 0 Å². The van der Waals surface area contributed by atoms with E-state index in [1.165, 1.54) is 19.4 Å². The maximum absolute atomic E-state index is 2.60. The van der Waals surface area contributed by atoms with Crippen molar-refractivity contribution >= 4 is 0 Å². The molecular weight excluding hydrogens is 218 g/mol. The molecule has 0 aromatic carbocycles. The van der Waals surface area contributed by atoms with Gasteiger partial charge in [-0.25, -0.2) is 0 Å². The monoisotopic (exact) mass is 246 g/mol. The molecule has 4 aliphatic carbocycles. The molecule has 4 aliphatic rings. The summed E-state index contributed by atoms with van der Waals surface area (Å²) < 4.78 is 1.14. The van der Waals surface area contributed by atoms with Gasteiger partial charge in [-0.3, -0.25) is 0 Å². The van der Waals surface area contributed by atoms with E-state index in [1.807, 2.05) is 0 Å². The minimum absolute atomic E-state index is 0.627. The second kappa shape index (κ2) is 3.23. The molecule has 0 aromatic heterocycles. The van der Waals surface area contributed by atoms with Crippen molar-refractivity contribution in [2.24, 2.45) is 40.9 Å². The van der Waals surface area contributed by atoms with Crippen LogP contribution in [-0.4, -0.2) is 32.2 Å². The molecule has 0 spiro atoms. The molecule has 0 aromatic rings. The number of hydrogen-bond donors (Lipinski definition) is 0. The molecule has 0 radical (unpaired) electrons. The minimum atomic E-state index is 0.627. The van der Waals surface area contributed by atoms with Gasteiger partial charge in [0, 0.05) is 5.41 Å². The Labute approximate surface area is 112 Å². The fourth-order valence-corrected chi connectivity index (χ4v) is 6.75. The molecule has 0 aliphatic heterocycles. The normalized spacial score (nSPS) is 56.4. The summed E-state index contributed by atoms with van der Waals surface area (Å²) in [5.41, 5.74) is 0.627. The number of nitrogens with zero attached hydrogens (tertiary/aromatic N) is 1. The second-order valence-electron chi connectivity index (χ2n) is 9.01. The molecule has 0 N–H and O–H groups in total. The maximum Gasteiger partial charge on any atom is 0.0837 e. The fraction of sp³-hybridized carbons (Fsp3) is 0.882. The summed E-state index contributed by atoms with van der Waals surface area (Å²) in [4.78, 5) is 0. The van der Waals surface area contributed by atoms with E-state index in [0.717, 1.165) is 40.0 Å². The first-order valence-electron chi connectivity index (χ1n) is 7.86. The number of allylic oxidation sites excluding steroid dienone is 2. The van der Waals surface area contributed by atoms with Gasteiger partial charge in [-0.1, -0.05) is 19.1 Å². The second-order valence-corrected chi connectivity index (χ2v) is 9.01. The molecule has 3 saturated carbocycles. The van der Waals surface area contributed by atoms with E-state index in [9.17, 15) is 0 Å². The molecule has 7 unspecified atom stereocenters. The molecule has 4 bridgehead atoms. The van der Waals surface area contributed by atoms with Crippen LogP contribution in [-0.2, 0) is 0 Å². The van der Waals surface area contributed by atoms with Crippen LogP contribution in [0.3, 0.4) is 0 Å². The van der Waals surface area contributed by atoms with Gasteiger partial charge in [0.2, 0.25) is 0 Å². The van der Waals surface area contributed by atoms with Crippen LogP contribution < -0.4 is 0 Å². The quantitative estimate of drug-likeness (QED) is 0.399. The summed E-state index contributed by atoms with van der Waals surface area (Å²) in [7, 11) is 7.11. The van der Waals surface area contributed by atoms with E-state index in [4.69, 9.17) is 0 Å². The predicted octanol–water partition coefficient (Wildman–Crippen LogP) is 3.18. The summed E-state index contributed by atoms with van der Waals surface area (Å²) >= 11 is 0. The zero-order valence-corrected chi connectivity index (χ0v) is 12.4. The van der Waals surface area contributed by atoms with Crippen LogP contribution in [0.5, 0.6) is 0 Å². The lowest BCUT2D eigenvalue weighted by Crippen LogP contribution is -2.49. The van der Waals surface area contributed by atoms with Crippen molar-refractivity contribution in [3.8, 4) is 0 Å². The van der Waals surface area contributed by atoms with Crippen molar-refractivity contribution in [2.45, 2.75) is 26.2 Å². The third-order valence-electron chi connectivity index (χ3n) is 6.61. The molecule has 1 nitrogen and oxygen atoms in total. The van der Waals surface area contributed by atoms with Crippen LogP contribution in [0.4, 0.5) is 0 Å². The van der Waals surface area contributed by atoms with E-state index < -0.39 is 0 Å². The summed E-state index contributed by atoms with van der Waals surface area (Å²) in [6, 6.07) is 0. The van der Waals surface area contributed by atoms with E-state index in [2.05, 4.69) is 40.2 Å². The van der Waals surface area contributed by atoms with Crippen molar-refractivity contribution in [2.75, 3.05) is 27.7 Å². The van der Waals surface area contributed by atoms with Crippen LogP contribution >= 0.6 is 0 Å². The first kappa shape index (κ1) is 11.5. The van der Waals surface area contributed by atoms with Crippen LogP contribution in [0, 0.1) is 40.9 Å². The largest absolute Gasteiger partial charge is 0.330 e. The SMILES string of the molecule is CC1(C[N+](C)(C)C)CC2CC1C1C3C=CC(C3)C21. The van der Waals surface area contributed by atoms with Gasteiger partial charge in [0.1, 0.15) is 0 Å². The number of quaternary nitrogens is 1. The third-order valence-corrected chi connectivity index (χ3v) is 6.61. The average molecular weight is 246 g/mol. The van der Waals surface area contributed by atoms with Crippen molar-refractivity contribution in [3.63, 3.8) is 0 Å². The molecular formula is C17H28N+. The highest BCUT2D eigenvalue weighted by Crippen LogP contribution is 2.70. The molecule has 0 heterocycles.